The summed E-state index contributed by atoms with van der Waals surface area (Å²) in [7, 11) is 1.81. The van der Waals surface area contributed by atoms with Gasteiger partial charge in [-0.15, -0.1) is 0 Å². The Hall–Kier alpha value is -1.40. The Labute approximate surface area is 95.1 Å². The van der Waals surface area contributed by atoms with E-state index in [4.69, 9.17) is 9.84 Å². The summed E-state index contributed by atoms with van der Waals surface area (Å²) in [5.41, 5.74) is 0. The van der Waals surface area contributed by atoms with Crippen molar-refractivity contribution in [2.45, 2.75) is 6.42 Å². The quantitative estimate of drug-likeness (QED) is 0.554. The third-order valence-corrected chi connectivity index (χ3v) is 1.93. The molecule has 1 rings (SSSR count). The van der Waals surface area contributed by atoms with Crippen LogP contribution >= 0.6 is 0 Å². The minimum Gasteiger partial charge on any atom is -0.394 e. The zero-order chi connectivity index (χ0) is 11.6. The second-order valence-electron chi connectivity index (χ2n) is 3.15. The maximum absolute atomic E-state index is 8.49. The lowest BCUT2D eigenvalue weighted by Crippen LogP contribution is -2.08. The largest absolute Gasteiger partial charge is 0.394 e. The van der Waals surface area contributed by atoms with Gasteiger partial charge in [-0.25, -0.2) is 9.97 Å². The first-order valence-electron chi connectivity index (χ1n) is 5.29. The zero-order valence-electron chi connectivity index (χ0n) is 9.44. The van der Waals surface area contributed by atoms with Crippen LogP contribution in [0.15, 0.2) is 12.4 Å². The predicted molar refractivity (Wildman–Crippen MR) is 62.6 cm³/mol. The van der Waals surface area contributed by atoms with E-state index in [1.165, 1.54) is 6.33 Å². The van der Waals surface area contributed by atoms with Crippen LogP contribution in [0, 0.1) is 0 Å². The Morgan fingerprint density at radius 3 is 2.88 bits per heavy atom. The smallest absolute Gasteiger partial charge is 0.131 e. The summed E-state index contributed by atoms with van der Waals surface area (Å²) in [5, 5.41) is 14.6. The SMILES string of the molecule is CNc1cc(NCCCOCCO)ncn1. The van der Waals surface area contributed by atoms with E-state index in [1.54, 1.807) is 0 Å². The molecular weight excluding hydrogens is 208 g/mol. The van der Waals surface area contributed by atoms with Gasteiger partial charge in [0, 0.05) is 26.3 Å². The van der Waals surface area contributed by atoms with Crippen molar-refractivity contribution in [3.8, 4) is 0 Å². The topological polar surface area (TPSA) is 79.3 Å². The molecule has 0 aliphatic rings. The predicted octanol–water partition coefficient (Wildman–Crippen LogP) is 0.329. The molecular formula is C10H18N4O2. The van der Waals surface area contributed by atoms with Gasteiger partial charge in [0.2, 0.25) is 0 Å². The summed E-state index contributed by atoms with van der Waals surface area (Å²) in [4.78, 5) is 8.09. The van der Waals surface area contributed by atoms with Crippen LogP contribution in [-0.2, 0) is 4.74 Å². The number of hydrogen-bond donors (Lipinski definition) is 3. The fourth-order valence-electron chi connectivity index (χ4n) is 1.15. The Morgan fingerprint density at radius 2 is 2.12 bits per heavy atom. The van der Waals surface area contributed by atoms with Crippen molar-refractivity contribution < 1.29 is 9.84 Å². The maximum Gasteiger partial charge on any atom is 0.131 e. The van der Waals surface area contributed by atoms with Crippen LogP contribution in [0.4, 0.5) is 11.6 Å². The Bertz CT molecular complexity index is 296. The highest BCUT2D eigenvalue weighted by Crippen LogP contribution is 2.07. The normalized spacial score (nSPS) is 10.1. The van der Waals surface area contributed by atoms with E-state index in [-0.39, 0.29) is 6.61 Å². The van der Waals surface area contributed by atoms with Gasteiger partial charge in [0.15, 0.2) is 0 Å². The molecule has 6 nitrogen and oxygen atoms in total. The van der Waals surface area contributed by atoms with Crippen LogP contribution in [0.25, 0.3) is 0 Å². The van der Waals surface area contributed by atoms with Crippen LogP contribution in [0.5, 0.6) is 0 Å². The molecule has 1 heterocycles. The standard InChI is InChI=1S/C10H18N4O2/c1-11-9-7-10(14-8-13-9)12-3-2-5-16-6-4-15/h7-8,15H,2-6H2,1H3,(H2,11,12,13,14). The van der Waals surface area contributed by atoms with Crippen LogP contribution in [0.2, 0.25) is 0 Å². The van der Waals surface area contributed by atoms with E-state index in [2.05, 4.69) is 20.6 Å². The number of ether oxygens (including phenoxy) is 1. The Balaban J connectivity index is 2.16. The van der Waals surface area contributed by atoms with E-state index in [0.717, 1.165) is 24.6 Å². The molecule has 90 valence electrons. The van der Waals surface area contributed by atoms with Gasteiger partial charge in [-0.2, -0.15) is 0 Å². The highest BCUT2D eigenvalue weighted by atomic mass is 16.5. The van der Waals surface area contributed by atoms with Crippen molar-refractivity contribution in [3.05, 3.63) is 12.4 Å². The Morgan fingerprint density at radius 1 is 1.31 bits per heavy atom. The first-order valence-corrected chi connectivity index (χ1v) is 5.29. The van der Waals surface area contributed by atoms with Gasteiger partial charge in [-0.1, -0.05) is 0 Å². The molecule has 0 saturated heterocycles. The molecule has 0 radical (unpaired) electrons. The fourth-order valence-corrected chi connectivity index (χ4v) is 1.15. The third-order valence-electron chi connectivity index (χ3n) is 1.93. The summed E-state index contributed by atoms with van der Waals surface area (Å²) in [6.07, 6.45) is 2.38. The lowest BCUT2D eigenvalue weighted by molar-refractivity contribution is 0.0922. The van der Waals surface area contributed by atoms with Crippen LogP contribution in [0.3, 0.4) is 0 Å². The van der Waals surface area contributed by atoms with E-state index >= 15 is 0 Å². The average Bonchev–Trinajstić information content (AvgIpc) is 2.34. The molecule has 0 amide bonds. The number of aliphatic hydroxyl groups excluding tert-OH is 1. The minimum atomic E-state index is 0.0743. The molecule has 1 aromatic rings. The van der Waals surface area contributed by atoms with Gasteiger partial charge in [-0.05, 0) is 6.42 Å². The first kappa shape index (κ1) is 12.7. The molecule has 0 fully saturated rings. The van der Waals surface area contributed by atoms with Crippen LogP contribution in [-0.4, -0.2) is 48.5 Å². The van der Waals surface area contributed by atoms with Crippen molar-refractivity contribution >= 4 is 11.6 Å². The van der Waals surface area contributed by atoms with Gasteiger partial charge < -0.3 is 20.5 Å². The molecule has 16 heavy (non-hydrogen) atoms. The van der Waals surface area contributed by atoms with Crippen molar-refractivity contribution in [2.75, 3.05) is 44.0 Å². The highest BCUT2D eigenvalue weighted by Gasteiger charge is 1.95. The Kier molecular flexibility index (Phi) is 6.20. The number of aromatic nitrogens is 2. The summed E-state index contributed by atoms with van der Waals surface area (Å²) in [6, 6.07) is 1.84. The van der Waals surface area contributed by atoms with Crippen molar-refractivity contribution in [3.63, 3.8) is 0 Å². The number of nitrogens with zero attached hydrogens (tertiary/aromatic N) is 2. The highest BCUT2D eigenvalue weighted by molar-refractivity contribution is 5.45. The molecule has 0 atom stereocenters. The van der Waals surface area contributed by atoms with Crippen LogP contribution in [0.1, 0.15) is 6.42 Å². The molecule has 0 aliphatic carbocycles. The van der Waals surface area contributed by atoms with E-state index in [9.17, 15) is 0 Å². The number of rotatable bonds is 8. The van der Waals surface area contributed by atoms with E-state index < -0.39 is 0 Å². The van der Waals surface area contributed by atoms with E-state index in [1.807, 2.05) is 13.1 Å². The van der Waals surface area contributed by atoms with Gasteiger partial charge >= 0.3 is 0 Å². The first-order chi connectivity index (χ1) is 7.86. The van der Waals surface area contributed by atoms with Crippen molar-refractivity contribution in [2.24, 2.45) is 0 Å². The summed E-state index contributed by atoms with van der Waals surface area (Å²) in [6.45, 7) is 1.89. The zero-order valence-corrected chi connectivity index (χ0v) is 9.44. The molecule has 0 spiro atoms. The third kappa shape index (κ3) is 4.90. The van der Waals surface area contributed by atoms with Gasteiger partial charge in [0.05, 0.1) is 13.2 Å². The second kappa shape index (κ2) is 7.84. The van der Waals surface area contributed by atoms with Gasteiger partial charge in [0.1, 0.15) is 18.0 Å². The number of hydrogen-bond acceptors (Lipinski definition) is 6. The summed E-state index contributed by atoms with van der Waals surface area (Å²) >= 11 is 0. The molecule has 0 bridgehead atoms. The number of nitrogens with one attached hydrogen (secondary N) is 2. The van der Waals surface area contributed by atoms with Gasteiger partial charge in [-0.3, -0.25) is 0 Å². The lowest BCUT2D eigenvalue weighted by atomic mass is 10.4. The fraction of sp³-hybridized carbons (Fsp3) is 0.600. The van der Waals surface area contributed by atoms with Gasteiger partial charge in [0.25, 0.3) is 0 Å². The number of anilines is 2. The molecule has 0 unspecified atom stereocenters. The summed E-state index contributed by atoms with van der Waals surface area (Å²) < 4.78 is 5.13. The average molecular weight is 226 g/mol. The number of aliphatic hydroxyl groups is 1. The lowest BCUT2D eigenvalue weighted by Gasteiger charge is -2.06. The molecule has 0 aliphatic heterocycles. The molecule has 1 aromatic heterocycles. The van der Waals surface area contributed by atoms with Crippen LogP contribution < -0.4 is 10.6 Å². The monoisotopic (exact) mass is 226 g/mol. The molecule has 6 heteroatoms. The maximum atomic E-state index is 8.49. The second-order valence-corrected chi connectivity index (χ2v) is 3.15. The molecule has 3 N–H and O–H groups in total. The van der Waals surface area contributed by atoms with Crippen molar-refractivity contribution in [1.29, 1.82) is 0 Å². The minimum absolute atomic E-state index is 0.0743. The summed E-state index contributed by atoms with van der Waals surface area (Å²) in [5.74, 6) is 1.58. The van der Waals surface area contributed by atoms with Crippen molar-refractivity contribution in [1.82, 2.24) is 9.97 Å². The molecule has 0 aromatic carbocycles. The molecule has 0 saturated carbocycles. The van der Waals surface area contributed by atoms with E-state index in [0.29, 0.717) is 13.2 Å².